The largest absolute Gasteiger partial charge is 0.445 e. The van der Waals surface area contributed by atoms with E-state index in [0.717, 1.165) is 18.9 Å². The summed E-state index contributed by atoms with van der Waals surface area (Å²) >= 11 is 5.91. The number of amides is 1. The molecular formula is C15H11ClF3NO3. The summed E-state index contributed by atoms with van der Waals surface area (Å²) < 4.78 is 45.8. The molecule has 4 nitrogen and oxygen atoms in total. The number of nitrogens with one attached hydrogen (secondary N) is 1. The molecule has 1 fully saturated rings. The van der Waals surface area contributed by atoms with Crippen molar-refractivity contribution in [3.63, 3.8) is 0 Å². The molecule has 0 spiro atoms. The fourth-order valence-electron chi connectivity index (χ4n) is 2.27. The molecule has 1 amide bonds. The first-order valence-corrected chi connectivity index (χ1v) is 7.18. The Morgan fingerprint density at radius 3 is 2.70 bits per heavy atom. The molecule has 1 heterocycles. The summed E-state index contributed by atoms with van der Waals surface area (Å²) in [4.78, 5) is 11.6. The maximum atomic E-state index is 13.7. The van der Waals surface area contributed by atoms with Crippen LogP contribution in [-0.4, -0.2) is 17.4 Å². The van der Waals surface area contributed by atoms with Crippen molar-refractivity contribution < 1.29 is 27.8 Å². The van der Waals surface area contributed by atoms with Crippen molar-refractivity contribution in [2.24, 2.45) is 5.92 Å². The average Bonchev–Trinajstić information content (AvgIpc) is 3.27. The van der Waals surface area contributed by atoms with E-state index in [-0.39, 0.29) is 27.8 Å². The van der Waals surface area contributed by atoms with Crippen molar-refractivity contribution in [3.05, 3.63) is 28.3 Å². The molecule has 0 aromatic heterocycles. The third kappa shape index (κ3) is 2.73. The molecule has 1 aliphatic heterocycles. The number of aliphatic hydroxyl groups is 1. The number of benzene rings is 1. The molecule has 2 N–H and O–H groups in total. The van der Waals surface area contributed by atoms with Crippen LogP contribution in [0.1, 0.15) is 24.0 Å². The van der Waals surface area contributed by atoms with Crippen LogP contribution in [0.5, 0.6) is 0 Å². The molecular weight excluding hydrogens is 335 g/mol. The Bertz CT molecular complexity index is 734. The summed E-state index contributed by atoms with van der Waals surface area (Å²) in [7, 11) is 0. The standard InChI is InChI=1S/C15H11ClF3NO3/c16-11-6-10-12(5-9(11)7-21)20-13(22)23-14(10,15(17,18)19)4-3-8-1-2-8/h5-6,8,21H,1-2,7H2,(H,20,22)/t14-/m0/s1. The summed E-state index contributed by atoms with van der Waals surface area (Å²) in [6.45, 7) is -0.477. The third-order valence-electron chi connectivity index (χ3n) is 3.65. The van der Waals surface area contributed by atoms with Crippen molar-refractivity contribution in [2.45, 2.75) is 31.2 Å². The van der Waals surface area contributed by atoms with Gasteiger partial charge in [0.25, 0.3) is 5.60 Å². The van der Waals surface area contributed by atoms with E-state index in [1.54, 1.807) is 0 Å². The first-order valence-electron chi connectivity index (χ1n) is 6.80. The predicted octanol–water partition coefficient (Wildman–Crippen LogP) is 3.57. The summed E-state index contributed by atoms with van der Waals surface area (Å²) in [5.74, 6) is 4.51. The lowest BCUT2D eigenvalue weighted by molar-refractivity contribution is -0.239. The van der Waals surface area contributed by atoms with Crippen molar-refractivity contribution in [1.82, 2.24) is 0 Å². The van der Waals surface area contributed by atoms with Crippen LogP contribution in [-0.2, 0) is 16.9 Å². The average molecular weight is 346 g/mol. The van der Waals surface area contributed by atoms with Gasteiger partial charge in [0, 0.05) is 16.5 Å². The monoisotopic (exact) mass is 345 g/mol. The van der Waals surface area contributed by atoms with Crippen LogP contribution in [0.3, 0.4) is 0 Å². The zero-order chi connectivity index (χ0) is 16.8. The third-order valence-corrected chi connectivity index (χ3v) is 4.00. The highest BCUT2D eigenvalue weighted by molar-refractivity contribution is 6.31. The molecule has 0 bridgehead atoms. The maximum Gasteiger partial charge on any atom is 0.445 e. The number of hydrogen-bond donors (Lipinski definition) is 2. The molecule has 0 radical (unpaired) electrons. The van der Waals surface area contributed by atoms with E-state index in [2.05, 4.69) is 21.9 Å². The maximum absolute atomic E-state index is 13.7. The van der Waals surface area contributed by atoms with Crippen LogP contribution in [0.15, 0.2) is 12.1 Å². The van der Waals surface area contributed by atoms with Gasteiger partial charge in [0.15, 0.2) is 0 Å². The van der Waals surface area contributed by atoms with Crippen LogP contribution in [0.2, 0.25) is 5.02 Å². The Kier molecular flexibility index (Phi) is 3.69. The second kappa shape index (κ2) is 5.32. The Labute approximate surface area is 134 Å². The Hall–Kier alpha value is -1.91. The number of anilines is 1. The highest BCUT2D eigenvalue weighted by atomic mass is 35.5. The highest BCUT2D eigenvalue weighted by Gasteiger charge is 2.62. The SMILES string of the molecule is O=C1Nc2cc(CO)c(Cl)cc2[C@@](C#CC2CC2)(C(F)(F)F)O1. The molecule has 23 heavy (non-hydrogen) atoms. The molecule has 122 valence electrons. The van der Waals surface area contributed by atoms with Crippen LogP contribution in [0.4, 0.5) is 23.7 Å². The quantitative estimate of drug-likeness (QED) is 0.765. The number of carbonyl (C=O) groups excluding carboxylic acids is 1. The van der Waals surface area contributed by atoms with Gasteiger partial charge in [0.2, 0.25) is 0 Å². The summed E-state index contributed by atoms with van der Waals surface area (Å²) in [5.41, 5.74) is -3.39. The second-order valence-corrected chi connectivity index (χ2v) is 5.79. The Balaban J connectivity index is 2.23. The van der Waals surface area contributed by atoms with Gasteiger partial charge in [-0.15, -0.1) is 0 Å². The van der Waals surface area contributed by atoms with Crippen molar-refractivity contribution >= 4 is 23.4 Å². The topological polar surface area (TPSA) is 58.6 Å². The van der Waals surface area contributed by atoms with Crippen LogP contribution >= 0.6 is 11.6 Å². The van der Waals surface area contributed by atoms with Crippen molar-refractivity contribution in [1.29, 1.82) is 0 Å². The van der Waals surface area contributed by atoms with Gasteiger partial charge in [-0.05, 0) is 36.5 Å². The number of halogens is 4. The number of hydrogen-bond acceptors (Lipinski definition) is 3. The Morgan fingerprint density at radius 1 is 1.43 bits per heavy atom. The minimum Gasteiger partial charge on any atom is -0.415 e. The lowest BCUT2D eigenvalue weighted by Crippen LogP contribution is -2.49. The minimum atomic E-state index is -4.94. The highest BCUT2D eigenvalue weighted by Crippen LogP contribution is 2.48. The molecule has 1 aliphatic carbocycles. The van der Waals surface area contributed by atoms with E-state index in [0.29, 0.717) is 0 Å². The fraction of sp³-hybridized carbons (Fsp3) is 0.400. The van der Waals surface area contributed by atoms with E-state index in [4.69, 9.17) is 11.6 Å². The van der Waals surface area contributed by atoms with E-state index in [1.165, 1.54) is 6.07 Å². The van der Waals surface area contributed by atoms with E-state index in [1.807, 2.05) is 0 Å². The molecule has 0 saturated heterocycles. The number of carbonyl (C=O) groups is 1. The number of ether oxygens (including phenoxy) is 1. The predicted molar refractivity (Wildman–Crippen MR) is 75.7 cm³/mol. The number of alkyl halides is 3. The van der Waals surface area contributed by atoms with Crippen molar-refractivity contribution in [3.8, 4) is 11.8 Å². The lowest BCUT2D eigenvalue weighted by atomic mass is 9.89. The Morgan fingerprint density at radius 2 is 2.13 bits per heavy atom. The van der Waals surface area contributed by atoms with E-state index >= 15 is 0 Å². The van der Waals surface area contributed by atoms with Crippen LogP contribution < -0.4 is 5.32 Å². The molecule has 0 unspecified atom stereocenters. The summed E-state index contributed by atoms with van der Waals surface area (Å²) in [6, 6.07) is 2.22. The van der Waals surface area contributed by atoms with Gasteiger partial charge >= 0.3 is 12.3 Å². The van der Waals surface area contributed by atoms with Gasteiger partial charge < -0.3 is 9.84 Å². The van der Waals surface area contributed by atoms with Gasteiger partial charge in [0.1, 0.15) is 0 Å². The molecule has 3 rings (SSSR count). The van der Waals surface area contributed by atoms with E-state index < -0.39 is 24.5 Å². The van der Waals surface area contributed by atoms with Gasteiger partial charge in [-0.25, -0.2) is 4.79 Å². The number of aliphatic hydroxyl groups excluding tert-OH is 1. The van der Waals surface area contributed by atoms with Gasteiger partial charge in [-0.1, -0.05) is 17.5 Å². The van der Waals surface area contributed by atoms with Crippen LogP contribution in [0, 0.1) is 17.8 Å². The second-order valence-electron chi connectivity index (χ2n) is 5.38. The summed E-state index contributed by atoms with van der Waals surface area (Å²) in [6.07, 6.45) is -4.74. The zero-order valence-corrected chi connectivity index (χ0v) is 12.4. The number of fused-ring (bicyclic) bond motifs is 1. The molecule has 1 saturated carbocycles. The first kappa shape index (κ1) is 16.0. The smallest absolute Gasteiger partial charge is 0.415 e. The molecule has 8 heteroatoms. The van der Waals surface area contributed by atoms with Crippen LogP contribution in [0.25, 0.3) is 0 Å². The van der Waals surface area contributed by atoms with Gasteiger partial charge in [-0.2, -0.15) is 13.2 Å². The van der Waals surface area contributed by atoms with Gasteiger partial charge in [-0.3, -0.25) is 5.32 Å². The normalized spacial score (nSPS) is 23.3. The number of rotatable bonds is 1. The zero-order valence-electron chi connectivity index (χ0n) is 11.6. The van der Waals surface area contributed by atoms with Crippen molar-refractivity contribution in [2.75, 3.05) is 5.32 Å². The minimum absolute atomic E-state index is 0.0622. The molecule has 1 aromatic rings. The lowest BCUT2D eigenvalue weighted by Gasteiger charge is -2.36. The molecule has 2 aliphatic rings. The van der Waals surface area contributed by atoms with Gasteiger partial charge in [0.05, 0.1) is 12.3 Å². The van der Waals surface area contributed by atoms with E-state index in [9.17, 15) is 23.1 Å². The molecule has 1 aromatic carbocycles. The number of cyclic esters (lactones) is 1. The fourth-order valence-corrected chi connectivity index (χ4v) is 2.49. The first-order chi connectivity index (χ1) is 10.8. The summed E-state index contributed by atoms with van der Waals surface area (Å²) in [5, 5.41) is 11.3. The molecule has 1 atom stereocenters.